The standard InChI is InChI=1S/C14H11N3O3S2/c18-13-11-7-3-1-2-4-8(7)22-14(11)16-12(15-13)9-5-6-10(21-9)17(19)20/h5-6H,1-4H2,(H,15,16,18). The van der Waals surface area contributed by atoms with Crippen LogP contribution in [-0.4, -0.2) is 14.9 Å². The first-order valence-corrected chi connectivity index (χ1v) is 8.56. The number of nitrogens with one attached hydrogen (secondary N) is 1. The highest BCUT2D eigenvalue weighted by atomic mass is 32.1. The maximum absolute atomic E-state index is 12.4. The Kier molecular flexibility index (Phi) is 3.08. The van der Waals surface area contributed by atoms with Crippen LogP contribution >= 0.6 is 22.7 Å². The van der Waals surface area contributed by atoms with E-state index >= 15 is 0 Å². The molecule has 0 aliphatic heterocycles. The van der Waals surface area contributed by atoms with E-state index in [4.69, 9.17) is 0 Å². The average Bonchev–Trinajstić information content (AvgIpc) is 3.11. The van der Waals surface area contributed by atoms with Crippen LogP contribution in [0.25, 0.3) is 20.9 Å². The molecule has 3 heterocycles. The Balaban J connectivity index is 1.89. The molecule has 4 rings (SSSR count). The highest BCUT2D eigenvalue weighted by Crippen LogP contribution is 2.35. The lowest BCUT2D eigenvalue weighted by Crippen LogP contribution is -2.10. The van der Waals surface area contributed by atoms with Gasteiger partial charge in [0.2, 0.25) is 0 Å². The summed E-state index contributed by atoms with van der Waals surface area (Å²) in [4.78, 5) is 32.7. The fraction of sp³-hybridized carbons (Fsp3) is 0.286. The highest BCUT2D eigenvalue weighted by molar-refractivity contribution is 7.19. The molecule has 0 amide bonds. The fourth-order valence-corrected chi connectivity index (χ4v) is 4.86. The van der Waals surface area contributed by atoms with E-state index in [-0.39, 0.29) is 10.6 Å². The lowest BCUT2D eigenvalue weighted by atomic mass is 9.97. The minimum absolute atomic E-state index is 0.0446. The number of rotatable bonds is 2. The zero-order chi connectivity index (χ0) is 15.3. The van der Waals surface area contributed by atoms with Gasteiger partial charge in [-0.05, 0) is 37.3 Å². The van der Waals surface area contributed by atoms with Crippen LogP contribution in [0.4, 0.5) is 5.00 Å². The van der Waals surface area contributed by atoms with Gasteiger partial charge in [0.05, 0.1) is 15.2 Å². The Morgan fingerprint density at radius 2 is 2.05 bits per heavy atom. The molecule has 0 saturated carbocycles. The Morgan fingerprint density at radius 1 is 1.23 bits per heavy atom. The van der Waals surface area contributed by atoms with Gasteiger partial charge in [-0.3, -0.25) is 14.9 Å². The zero-order valence-corrected chi connectivity index (χ0v) is 13.1. The van der Waals surface area contributed by atoms with Gasteiger partial charge in [-0.2, -0.15) is 0 Å². The molecule has 1 N–H and O–H groups in total. The Labute approximate surface area is 132 Å². The van der Waals surface area contributed by atoms with Crippen molar-refractivity contribution in [2.45, 2.75) is 25.7 Å². The van der Waals surface area contributed by atoms with E-state index in [0.29, 0.717) is 16.1 Å². The number of aromatic nitrogens is 2. The molecule has 0 atom stereocenters. The summed E-state index contributed by atoms with van der Waals surface area (Å²) in [5.41, 5.74) is 0.999. The van der Waals surface area contributed by atoms with Gasteiger partial charge >= 0.3 is 5.00 Å². The summed E-state index contributed by atoms with van der Waals surface area (Å²) in [7, 11) is 0. The van der Waals surface area contributed by atoms with E-state index in [0.717, 1.165) is 47.4 Å². The molecule has 0 fully saturated rings. The van der Waals surface area contributed by atoms with Gasteiger partial charge < -0.3 is 4.98 Å². The normalized spacial score (nSPS) is 14.2. The molecule has 0 saturated heterocycles. The third-order valence-electron chi connectivity index (χ3n) is 3.83. The van der Waals surface area contributed by atoms with E-state index in [1.165, 1.54) is 10.9 Å². The average molecular weight is 333 g/mol. The van der Waals surface area contributed by atoms with Gasteiger partial charge in [-0.1, -0.05) is 11.3 Å². The fourth-order valence-electron chi connectivity index (χ4n) is 2.83. The molecule has 6 nitrogen and oxygen atoms in total. The first-order valence-electron chi connectivity index (χ1n) is 6.92. The van der Waals surface area contributed by atoms with Gasteiger partial charge in [-0.15, -0.1) is 11.3 Å². The second-order valence-corrected chi connectivity index (χ2v) is 7.35. The predicted octanol–water partition coefficient (Wildman–Crippen LogP) is 3.50. The van der Waals surface area contributed by atoms with Crippen molar-refractivity contribution in [1.29, 1.82) is 0 Å². The zero-order valence-electron chi connectivity index (χ0n) is 11.4. The Hall–Kier alpha value is -2.06. The highest BCUT2D eigenvalue weighted by Gasteiger charge is 2.21. The Morgan fingerprint density at radius 3 is 2.82 bits per heavy atom. The Bertz CT molecular complexity index is 954. The van der Waals surface area contributed by atoms with Crippen LogP contribution in [-0.2, 0) is 12.8 Å². The first-order chi connectivity index (χ1) is 10.6. The van der Waals surface area contributed by atoms with Crippen molar-refractivity contribution in [2.24, 2.45) is 0 Å². The third kappa shape index (κ3) is 2.06. The molecule has 0 unspecified atom stereocenters. The van der Waals surface area contributed by atoms with Crippen molar-refractivity contribution in [1.82, 2.24) is 9.97 Å². The van der Waals surface area contributed by atoms with Crippen LogP contribution in [0.3, 0.4) is 0 Å². The van der Waals surface area contributed by atoms with Crippen molar-refractivity contribution in [2.75, 3.05) is 0 Å². The number of aryl methyl sites for hydroxylation is 2. The van der Waals surface area contributed by atoms with Crippen LogP contribution in [0.1, 0.15) is 23.3 Å². The van der Waals surface area contributed by atoms with E-state index in [2.05, 4.69) is 9.97 Å². The quantitative estimate of drug-likeness (QED) is 0.574. The number of H-pyrrole nitrogens is 1. The maximum atomic E-state index is 12.4. The molecule has 0 spiro atoms. The number of thiophene rings is 2. The minimum Gasteiger partial charge on any atom is -0.305 e. The SMILES string of the molecule is O=c1[nH]c(-c2ccc([N+](=O)[O-])s2)nc2sc3c(c12)CCCC3. The molecule has 112 valence electrons. The molecule has 3 aromatic rings. The minimum atomic E-state index is -0.436. The van der Waals surface area contributed by atoms with Gasteiger partial charge in [0.25, 0.3) is 5.56 Å². The maximum Gasteiger partial charge on any atom is 0.324 e. The van der Waals surface area contributed by atoms with E-state index < -0.39 is 4.92 Å². The summed E-state index contributed by atoms with van der Waals surface area (Å²) >= 11 is 2.59. The summed E-state index contributed by atoms with van der Waals surface area (Å²) in [5.74, 6) is 0.411. The largest absolute Gasteiger partial charge is 0.324 e. The van der Waals surface area contributed by atoms with Gasteiger partial charge in [0.1, 0.15) is 4.83 Å². The molecule has 0 aromatic carbocycles. The van der Waals surface area contributed by atoms with Crippen molar-refractivity contribution in [3.8, 4) is 10.7 Å². The third-order valence-corrected chi connectivity index (χ3v) is 6.06. The second-order valence-electron chi connectivity index (χ2n) is 5.20. The van der Waals surface area contributed by atoms with Crippen LogP contribution in [0.2, 0.25) is 0 Å². The van der Waals surface area contributed by atoms with Crippen LogP contribution in [0.5, 0.6) is 0 Å². The number of fused-ring (bicyclic) bond motifs is 3. The summed E-state index contributed by atoms with van der Waals surface area (Å²) in [6.45, 7) is 0. The van der Waals surface area contributed by atoms with Crippen molar-refractivity contribution in [3.63, 3.8) is 0 Å². The van der Waals surface area contributed by atoms with Gasteiger partial charge in [0.15, 0.2) is 5.82 Å². The summed E-state index contributed by atoms with van der Waals surface area (Å²) in [5, 5.41) is 11.5. The van der Waals surface area contributed by atoms with Crippen molar-refractivity contribution >= 4 is 37.9 Å². The summed E-state index contributed by atoms with van der Waals surface area (Å²) in [6.07, 6.45) is 4.21. The van der Waals surface area contributed by atoms with Gasteiger partial charge in [-0.25, -0.2) is 4.98 Å². The molecule has 22 heavy (non-hydrogen) atoms. The van der Waals surface area contributed by atoms with Crippen LogP contribution < -0.4 is 5.56 Å². The van der Waals surface area contributed by atoms with E-state index in [1.807, 2.05) is 0 Å². The number of aromatic amines is 1. The molecule has 1 aliphatic carbocycles. The summed E-state index contributed by atoms with van der Waals surface area (Å²) < 4.78 is 0. The van der Waals surface area contributed by atoms with Gasteiger partial charge in [0, 0.05) is 10.9 Å². The molecule has 8 heteroatoms. The molecule has 3 aromatic heterocycles. The van der Waals surface area contributed by atoms with E-state index in [9.17, 15) is 14.9 Å². The van der Waals surface area contributed by atoms with Crippen molar-refractivity contribution < 1.29 is 4.92 Å². The molecular weight excluding hydrogens is 322 g/mol. The molecule has 0 bridgehead atoms. The first kappa shape index (κ1) is 13.6. The number of nitro groups is 1. The monoisotopic (exact) mass is 333 g/mol. The lowest BCUT2D eigenvalue weighted by Gasteiger charge is -2.09. The molecular formula is C14H11N3O3S2. The smallest absolute Gasteiger partial charge is 0.305 e. The van der Waals surface area contributed by atoms with Crippen molar-refractivity contribution in [3.05, 3.63) is 43.0 Å². The number of nitrogens with zero attached hydrogens (tertiary/aromatic N) is 2. The number of hydrogen-bond acceptors (Lipinski definition) is 6. The second kappa shape index (κ2) is 4.99. The van der Waals surface area contributed by atoms with Crippen LogP contribution in [0.15, 0.2) is 16.9 Å². The van der Waals surface area contributed by atoms with Crippen LogP contribution in [0, 0.1) is 10.1 Å². The molecule has 0 radical (unpaired) electrons. The summed E-state index contributed by atoms with van der Waals surface area (Å²) in [6, 6.07) is 3.06. The van der Waals surface area contributed by atoms with E-state index in [1.54, 1.807) is 17.4 Å². The lowest BCUT2D eigenvalue weighted by molar-refractivity contribution is -0.380. The number of hydrogen-bond donors (Lipinski definition) is 1. The predicted molar refractivity (Wildman–Crippen MR) is 86.9 cm³/mol. The topological polar surface area (TPSA) is 88.9 Å². The molecule has 1 aliphatic rings.